The molecule has 2 atom stereocenters. The van der Waals surface area contributed by atoms with E-state index in [1.54, 1.807) is 0 Å². The molecule has 0 saturated heterocycles. The summed E-state index contributed by atoms with van der Waals surface area (Å²) in [7, 11) is -4.27. The molecule has 0 aromatic heterocycles. The first-order valence-electron chi connectivity index (χ1n) is 19.3. The molecular weight excluding hydrogens is 613 g/mol. The molecule has 0 radical (unpaired) electrons. The predicted molar refractivity (Wildman–Crippen MR) is 197 cm³/mol. The number of hydrogen-bond donors (Lipinski definition) is 2. The Hall–Kier alpha value is -1.02. The molecule has 0 rings (SSSR count). The van der Waals surface area contributed by atoms with Crippen molar-refractivity contribution in [3.8, 4) is 0 Å². The Bertz CT molecular complexity index is 777. The lowest BCUT2D eigenvalue weighted by atomic mass is 10.1. The fourth-order valence-electron chi connectivity index (χ4n) is 5.26. The second kappa shape index (κ2) is 36.3. The molecule has 9 heteroatoms. The largest absolute Gasteiger partial charge is 0.472 e. The monoisotopic (exact) mass is 688 g/mol. The summed E-state index contributed by atoms with van der Waals surface area (Å²) < 4.78 is 33.3. The molecule has 0 aromatic carbocycles. The minimum Gasteiger partial charge on any atom is -0.457 e. The van der Waals surface area contributed by atoms with Gasteiger partial charge < -0.3 is 20.1 Å². The third-order valence-corrected chi connectivity index (χ3v) is 9.11. The van der Waals surface area contributed by atoms with E-state index < -0.39 is 13.9 Å². The number of hydrogen-bond acceptors (Lipinski definition) is 7. The van der Waals surface area contributed by atoms with Crippen LogP contribution < -0.4 is 5.73 Å². The maximum Gasteiger partial charge on any atom is 0.472 e. The number of rotatable bonds is 37. The molecule has 0 saturated carbocycles. The normalized spacial score (nSPS) is 13.9. The number of unbranched alkanes of at least 4 members (excludes halogenated alkanes) is 20. The second-order valence-corrected chi connectivity index (χ2v) is 14.2. The molecule has 3 N–H and O–H groups in total. The highest BCUT2D eigenvalue weighted by molar-refractivity contribution is 7.47. The fraction of sp³-hybridized carbons (Fsp3) is 0.868. The van der Waals surface area contributed by atoms with E-state index >= 15 is 0 Å². The van der Waals surface area contributed by atoms with Crippen molar-refractivity contribution in [1.82, 2.24) is 0 Å². The Labute approximate surface area is 289 Å². The quantitative estimate of drug-likeness (QED) is 0.0287. The molecule has 0 bridgehead atoms. The Balaban J connectivity index is 4.07. The van der Waals surface area contributed by atoms with Crippen LogP contribution in [0.5, 0.6) is 0 Å². The zero-order valence-electron chi connectivity index (χ0n) is 30.5. The summed E-state index contributed by atoms with van der Waals surface area (Å²) >= 11 is 0. The Morgan fingerprint density at radius 3 is 1.68 bits per heavy atom. The van der Waals surface area contributed by atoms with Gasteiger partial charge in [0, 0.05) is 19.6 Å². The van der Waals surface area contributed by atoms with Gasteiger partial charge in [-0.3, -0.25) is 13.8 Å². The Kier molecular flexibility index (Phi) is 35.5. The van der Waals surface area contributed by atoms with E-state index in [1.807, 2.05) is 0 Å². The van der Waals surface area contributed by atoms with Gasteiger partial charge in [0.25, 0.3) is 0 Å². The maximum absolute atomic E-state index is 12.5. The van der Waals surface area contributed by atoms with Crippen LogP contribution in [0.25, 0.3) is 0 Å². The fourth-order valence-corrected chi connectivity index (χ4v) is 6.03. The molecule has 8 nitrogen and oxygen atoms in total. The number of phosphoric ester groups is 1. The van der Waals surface area contributed by atoms with Crippen LogP contribution in [-0.4, -0.2) is 49.9 Å². The minimum atomic E-state index is -4.27. The molecule has 0 aliphatic heterocycles. The van der Waals surface area contributed by atoms with Crippen LogP contribution in [0, 0.1) is 0 Å². The maximum atomic E-state index is 12.5. The molecule has 0 heterocycles. The van der Waals surface area contributed by atoms with E-state index in [1.165, 1.54) is 109 Å². The van der Waals surface area contributed by atoms with Crippen molar-refractivity contribution in [3.05, 3.63) is 24.3 Å². The van der Waals surface area contributed by atoms with Gasteiger partial charge in [0.2, 0.25) is 0 Å². The third kappa shape index (κ3) is 36.1. The molecule has 47 heavy (non-hydrogen) atoms. The first-order chi connectivity index (χ1) is 22.9. The van der Waals surface area contributed by atoms with Gasteiger partial charge in [-0.25, -0.2) is 4.57 Å². The van der Waals surface area contributed by atoms with Crippen LogP contribution in [-0.2, 0) is 27.9 Å². The smallest absolute Gasteiger partial charge is 0.457 e. The van der Waals surface area contributed by atoms with Gasteiger partial charge >= 0.3 is 13.8 Å². The summed E-state index contributed by atoms with van der Waals surface area (Å²) in [5.74, 6) is -0.335. The summed E-state index contributed by atoms with van der Waals surface area (Å²) in [6.45, 7) is 4.88. The van der Waals surface area contributed by atoms with Crippen LogP contribution in [0.3, 0.4) is 0 Å². The van der Waals surface area contributed by atoms with Crippen molar-refractivity contribution < 1.29 is 32.8 Å². The number of carbonyl (C=O) groups excluding carboxylic acids is 1. The van der Waals surface area contributed by atoms with E-state index in [4.69, 9.17) is 24.3 Å². The highest BCUT2D eigenvalue weighted by Gasteiger charge is 2.25. The standard InChI is InChI=1S/C38H74NO7P/c1-3-5-7-9-11-13-15-16-17-18-19-20-22-24-26-28-30-33-43-35-37(36-45-47(41,42)44-34-32-39)46-38(40)31-29-27-25-23-21-14-12-10-8-6-4-2/h13,15,17-18,37H,3-12,14,16,19-36,39H2,1-2H3,(H,41,42)/b15-13-,18-17-. The van der Waals surface area contributed by atoms with Gasteiger partial charge in [0.1, 0.15) is 6.10 Å². The van der Waals surface area contributed by atoms with Gasteiger partial charge in [-0.15, -0.1) is 0 Å². The molecular formula is C38H74NO7P. The van der Waals surface area contributed by atoms with Crippen LogP contribution in [0.15, 0.2) is 24.3 Å². The number of carbonyl (C=O) groups is 1. The van der Waals surface area contributed by atoms with Crippen molar-refractivity contribution in [2.24, 2.45) is 5.73 Å². The van der Waals surface area contributed by atoms with Gasteiger partial charge in [-0.2, -0.15) is 0 Å². The van der Waals surface area contributed by atoms with Crippen LogP contribution in [0.1, 0.15) is 174 Å². The van der Waals surface area contributed by atoms with Crippen molar-refractivity contribution >= 4 is 13.8 Å². The summed E-state index contributed by atoms with van der Waals surface area (Å²) in [4.78, 5) is 22.3. The molecule has 0 aliphatic carbocycles. The SMILES string of the molecule is CCCCCC/C=C\C/C=C\CCCCCCCCOCC(COP(=O)(O)OCCN)OC(=O)CCCCCCCCCCCCC. The predicted octanol–water partition coefficient (Wildman–Crippen LogP) is 10.9. The van der Waals surface area contributed by atoms with Crippen molar-refractivity contribution in [1.29, 1.82) is 0 Å². The van der Waals surface area contributed by atoms with Crippen LogP contribution >= 0.6 is 7.82 Å². The Morgan fingerprint density at radius 1 is 0.638 bits per heavy atom. The lowest BCUT2D eigenvalue weighted by molar-refractivity contribution is -0.154. The molecule has 0 aliphatic rings. The highest BCUT2D eigenvalue weighted by atomic mass is 31.2. The molecule has 0 fully saturated rings. The zero-order chi connectivity index (χ0) is 34.5. The van der Waals surface area contributed by atoms with Gasteiger partial charge in [-0.05, 0) is 44.9 Å². The lowest BCUT2D eigenvalue weighted by Gasteiger charge is -2.20. The number of ether oxygens (including phenoxy) is 2. The second-order valence-electron chi connectivity index (χ2n) is 12.8. The number of phosphoric acid groups is 1. The third-order valence-electron chi connectivity index (χ3n) is 8.12. The lowest BCUT2D eigenvalue weighted by Crippen LogP contribution is -2.28. The number of allylic oxidation sites excluding steroid dienone is 4. The summed E-state index contributed by atoms with van der Waals surface area (Å²) in [5.41, 5.74) is 5.35. The van der Waals surface area contributed by atoms with E-state index in [-0.39, 0.29) is 32.3 Å². The Morgan fingerprint density at radius 2 is 1.13 bits per heavy atom. The molecule has 278 valence electrons. The topological polar surface area (TPSA) is 117 Å². The minimum absolute atomic E-state index is 0.0960. The van der Waals surface area contributed by atoms with Crippen LogP contribution in [0.4, 0.5) is 0 Å². The summed E-state index contributed by atoms with van der Waals surface area (Å²) in [6.07, 6.45) is 37.6. The van der Waals surface area contributed by atoms with Gasteiger partial charge in [-0.1, -0.05) is 147 Å². The van der Waals surface area contributed by atoms with E-state index in [2.05, 4.69) is 38.2 Å². The van der Waals surface area contributed by atoms with Crippen molar-refractivity contribution in [2.75, 3.05) is 33.0 Å². The average Bonchev–Trinajstić information content (AvgIpc) is 3.06. The zero-order valence-corrected chi connectivity index (χ0v) is 31.4. The van der Waals surface area contributed by atoms with E-state index in [0.717, 1.165) is 44.9 Å². The van der Waals surface area contributed by atoms with Gasteiger partial charge in [0.15, 0.2) is 0 Å². The van der Waals surface area contributed by atoms with Crippen LogP contribution in [0.2, 0.25) is 0 Å². The van der Waals surface area contributed by atoms with Crippen molar-refractivity contribution in [3.63, 3.8) is 0 Å². The summed E-state index contributed by atoms with van der Waals surface area (Å²) in [6, 6.07) is 0. The molecule has 0 amide bonds. The molecule has 0 aromatic rings. The highest BCUT2D eigenvalue weighted by Crippen LogP contribution is 2.43. The number of esters is 1. The van der Waals surface area contributed by atoms with E-state index in [0.29, 0.717) is 13.0 Å². The first-order valence-corrected chi connectivity index (χ1v) is 20.8. The molecule has 2 unspecified atom stereocenters. The number of nitrogens with two attached hydrogens (primary N) is 1. The van der Waals surface area contributed by atoms with E-state index in [9.17, 15) is 14.3 Å². The van der Waals surface area contributed by atoms with Crippen molar-refractivity contribution in [2.45, 2.75) is 180 Å². The molecule has 0 spiro atoms. The van der Waals surface area contributed by atoms with Gasteiger partial charge in [0.05, 0.1) is 19.8 Å². The summed E-state index contributed by atoms with van der Waals surface area (Å²) in [5, 5.41) is 0. The average molecular weight is 688 g/mol. The first kappa shape index (κ1) is 46.0.